The molecule has 0 fully saturated rings. The monoisotopic (exact) mass is 177 g/mol. The molecule has 69 valence electrons. The molecule has 0 aliphatic carbocycles. The molecule has 0 aromatic heterocycles. The molecule has 0 saturated heterocycles. The van der Waals surface area contributed by atoms with Crippen molar-refractivity contribution in [2.75, 3.05) is 0 Å². The minimum Gasteiger partial charge on any atom is -0.458 e. The van der Waals surface area contributed by atoms with Gasteiger partial charge in [0.15, 0.2) is 0 Å². The quantitative estimate of drug-likeness (QED) is 0.649. The summed E-state index contributed by atoms with van der Waals surface area (Å²) in [5, 5.41) is 0. The molecule has 0 atom stereocenters. The first kappa shape index (κ1) is 9.78. The molecular formula is C11H13O2. The normalized spacial score (nSPS) is 10.2. The van der Waals surface area contributed by atoms with E-state index in [0.29, 0.717) is 11.5 Å². The number of hydrogen-bond donors (Lipinski definition) is 0. The predicted molar refractivity (Wildman–Crippen MR) is 51.3 cm³/mol. The molecule has 0 aliphatic heterocycles. The van der Waals surface area contributed by atoms with E-state index in [1.165, 1.54) is 5.56 Å². The average Bonchev–Trinajstić information content (AvgIpc) is 2.17. The van der Waals surface area contributed by atoms with Crippen LogP contribution in [0.25, 0.3) is 0 Å². The van der Waals surface area contributed by atoms with Crippen molar-refractivity contribution in [2.45, 2.75) is 19.8 Å². The molecule has 1 aromatic carbocycles. The summed E-state index contributed by atoms with van der Waals surface area (Å²) < 4.78 is 4.35. The summed E-state index contributed by atoms with van der Waals surface area (Å²) in [4.78, 5) is 11.0. The number of benzene rings is 1. The van der Waals surface area contributed by atoms with E-state index in [-0.39, 0.29) is 0 Å². The minimum absolute atomic E-state index is 0.393. The van der Waals surface area contributed by atoms with Crippen LogP contribution in [0.15, 0.2) is 24.3 Å². The first-order valence-electron chi connectivity index (χ1n) is 4.21. The Bertz CT molecular complexity index is 285. The Labute approximate surface area is 78.5 Å². The summed E-state index contributed by atoms with van der Waals surface area (Å²) in [5.74, 6) is 0.0835. The topological polar surface area (TPSA) is 26.3 Å². The molecule has 0 unspecified atom stereocenters. The van der Waals surface area contributed by atoms with Crippen molar-refractivity contribution in [3.8, 4) is 0 Å². The van der Waals surface area contributed by atoms with Crippen LogP contribution in [0.2, 0.25) is 0 Å². The van der Waals surface area contributed by atoms with Crippen LogP contribution in [0.5, 0.6) is 0 Å². The third-order valence-corrected chi connectivity index (χ3v) is 1.94. The minimum atomic E-state index is -0.393. The molecule has 0 saturated carbocycles. The Morgan fingerprint density at radius 1 is 1.31 bits per heavy atom. The second kappa shape index (κ2) is 4.08. The lowest BCUT2D eigenvalue weighted by atomic mass is 10.0. The fourth-order valence-corrected chi connectivity index (χ4v) is 1.09. The Balaban J connectivity index is 2.87. The molecule has 1 rings (SSSR count). The molecule has 0 heterocycles. The maximum atomic E-state index is 11.0. The van der Waals surface area contributed by atoms with Crippen molar-refractivity contribution in [1.82, 2.24) is 0 Å². The fraction of sp³-hybridized carbons (Fsp3) is 0.273. The van der Waals surface area contributed by atoms with Gasteiger partial charge in [-0.15, -0.1) is 0 Å². The number of rotatable bonds is 2. The lowest BCUT2D eigenvalue weighted by Gasteiger charge is -2.05. The summed E-state index contributed by atoms with van der Waals surface area (Å²) in [6.45, 7) is 4.21. The van der Waals surface area contributed by atoms with E-state index in [0.717, 1.165) is 0 Å². The third kappa shape index (κ3) is 2.31. The number of esters is 1. The first-order valence-corrected chi connectivity index (χ1v) is 4.21. The molecule has 13 heavy (non-hydrogen) atoms. The molecule has 1 aromatic rings. The number of hydrogen-bond acceptors (Lipinski definition) is 2. The summed E-state index contributed by atoms with van der Waals surface area (Å²) in [6, 6.07) is 7.36. The second-order valence-corrected chi connectivity index (χ2v) is 3.21. The molecular weight excluding hydrogens is 164 g/mol. The number of ether oxygens (including phenoxy) is 1. The zero-order valence-electron chi connectivity index (χ0n) is 7.91. The van der Waals surface area contributed by atoms with Crippen LogP contribution in [0, 0.1) is 7.11 Å². The highest BCUT2D eigenvalue weighted by Gasteiger charge is 2.05. The Morgan fingerprint density at radius 3 is 2.23 bits per heavy atom. The van der Waals surface area contributed by atoms with Crippen LogP contribution in [-0.4, -0.2) is 5.97 Å². The third-order valence-electron chi connectivity index (χ3n) is 1.94. The molecule has 2 heteroatoms. The van der Waals surface area contributed by atoms with Crippen LogP contribution in [0.1, 0.15) is 35.7 Å². The van der Waals surface area contributed by atoms with Gasteiger partial charge in [0.25, 0.3) is 0 Å². The van der Waals surface area contributed by atoms with Crippen molar-refractivity contribution >= 4 is 5.97 Å². The Hall–Kier alpha value is -1.31. The van der Waals surface area contributed by atoms with Crippen LogP contribution < -0.4 is 0 Å². The van der Waals surface area contributed by atoms with E-state index in [4.69, 9.17) is 0 Å². The Morgan fingerprint density at radius 2 is 1.85 bits per heavy atom. The first-order chi connectivity index (χ1) is 6.15. The maximum Gasteiger partial charge on any atom is 0.338 e. The zero-order chi connectivity index (χ0) is 9.84. The fourth-order valence-electron chi connectivity index (χ4n) is 1.09. The van der Waals surface area contributed by atoms with Crippen molar-refractivity contribution in [2.24, 2.45) is 0 Å². The summed E-state index contributed by atoms with van der Waals surface area (Å²) in [5.41, 5.74) is 1.75. The van der Waals surface area contributed by atoms with Gasteiger partial charge in [0, 0.05) is 0 Å². The van der Waals surface area contributed by atoms with Gasteiger partial charge >= 0.3 is 5.97 Å². The average molecular weight is 177 g/mol. The van der Waals surface area contributed by atoms with Gasteiger partial charge in [-0.3, -0.25) is 0 Å². The highest BCUT2D eigenvalue weighted by molar-refractivity contribution is 5.89. The standard InChI is InChI=1S/C11H13O2/c1-8(2)9-4-6-10(7-5-9)11(12)13-3/h4-8H,3H2,1-2H3. The van der Waals surface area contributed by atoms with Crippen molar-refractivity contribution in [3.63, 3.8) is 0 Å². The van der Waals surface area contributed by atoms with E-state index in [1.807, 2.05) is 12.1 Å². The molecule has 0 aliphatic rings. The Kier molecular flexibility index (Phi) is 3.07. The van der Waals surface area contributed by atoms with E-state index in [9.17, 15) is 4.79 Å². The lowest BCUT2D eigenvalue weighted by Crippen LogP contribution is -1.99. The van der Waals surface area contributed by atoms with Crippen LogP contribution in [0.3, 0.4) is 0 Å². The molecule has 0 amide bonds. The van der Waals surface area contributed by atoms with Crippen molar-refractivity contribution in [1.29, 1.82) is 0 Å². The summed E-state index contributed by atoms with van der Waals surface area (Å²) in [6.07, 6.45) is 0. The van der Waals surface area contributed by atoms with Gasteiger partial charge in [-0.25, -0.2) is 4.79 Å². The summed E-state index contributed by atoms with van der Waals surface area (Å²) in [7, 11) is 3.07. The van der Waals surface area contributed by atoms with Crippen LogP contribution >= 0.6 is 0 Å². The molecule has 1 radical (unpaired) electrons. The van der Waals surface area contributed by atoms with Crippen molar-refractivity contribution in [3.05, 3.63) is 42.5 Å². The van der Waals surface area contributed by atoms with Gasteiger partial charge in [0.05, 0.1) is 5.56 Å². The van der Waals surface area contributed by atoms with Gasteiger partial charge < -0.3 is 4.74 Å². The number of carbonyl (C=O) groups is 1. The molecule has 0 spiro atoms. The van der Waals surface area contributed by atoms with E-state index in [2.05, 4.69) is 25.7 Å². The largest absolute Gasteiger partial charge is 0.458 e. The van der Waals surface area contributed by atoms with Crippen LogP contribution in [-0.2, 0) is 4.74 Å². The molecule has 0 bridgehead atoms. The van der Waals surface area contributed by atoms with E-state index < -0.39 is 5.97 Å². The van der Waals surface area contributed by atoms with Crippen molar-refractivity contribution < 1.29 is 9.53 Å². The van der Waals surface area contributed by atoms with Gasteiger partial charge in [0.1, 0.15) is 7.11 Å². The highest BCUT2D eigenvalue weighted by atomic mass is 16.5. The maximum absolute atomic E-state index is 11.0. The van der Waals surface area contributed by atoms with Gasteiger partial charge in [-0.05, 0) is 23.6 Å². The molecule has 2 nitrogen and oxygen atoms in total. The highest BCUT2D eigenvalue weighted by Crippen LogP contribution is 2.14. The van der Waals surface area contributed by atoms with Gasteiger partial charge in [-0.2, -0.15) is 0 Å². The lowest BCUT2D eigenvalue weighted by molar-refractivity contribution is 0.0654. The van der Waals surface area contributed by atoms with Gasteiger partial charge in [-0.1, -0.05) is 26.0 Å². The molecule has 0 N–H and O–H groups in total. The van der Waals surface area contributed by atoms with E-state index in [1.54, 1.807) is 12.1 Å². The summed E-state index contributed by atoms with van der Waals surface area (Å²) >= 11 is 0. The zero-order valence-corrected chi connectivity index (χ0v) is 7.91. The SMILES string of the molecule is [CH2]OC(=O)c1ccc(C(C)C)cc1. The number of carbonyl (C=O) groups excluding carboxylic acids is 1. The predicted octanol–water partition coefficient (Wildman–Crippen LogP) is 2.76. The van der Waals surface area contributed by atoms with Crippen LogP contribution in [0.4, 0.5) is 0 Å². The smallest absolute Gasteiger partial charge is 0.338 e. The van der Waals surface area contributed by atoms with E-state index >= 15 is 0 Å². The van der Waals surface area contributed by atoms with Gasteiger partial charge in [0.2, 0.25) is 0 Å². The second-order valence-electron chi connectivity index (χ2n) is 3.21.